The van der Waals surface area contributed by atoms with Crippen LogP contribution in [-0.2, 0) is 11.3 Å². The minimum absolute atomic E-state index is 0.00268. The lowest BCUT2D eigenvalue weighted by molar-refractivity contribution is 0.0702. The van der Waals surface area contributed by atoms with Crippen LogP contribution in [0, 0.1) is 5.82 Å². The smallest absolute Gasteiger partial charge is 0.124 e. The highest BCUT2D eigenvalue weighted by Crippen LogP contribution is 2.20. The van der Waals surface area contributed by atoms with E-state index in [0.29, 0.717) is 32.1 Å². The zero-order chi connectivity index (χ0) is 15.0. The Hall–Kier alpha value is -1.17. The average Bonchev–Trinajstić information content (AvgIpc) is 2.37. The van der Waals surface area contributed by atoms with E-state index in [9.17, 15) is 4.39 Å². The third-order valence-electron chi connectivity index (χ3n) is 2.55. The van der Waals surface area contributed by atoms with Crippen LogP contribution >= 0.6 is 0 Å². The number of rotatable bonds is 8. The van der Waals surface area contributed by atoms with Crippen molar-refractivity contribution in [1.82, 2.24) is 5.32 Å². The molecule has 1 rings (SSSR count). The van der Waals surface area contributed by atoms with Crippen molar-refractivity contribution in [3.05, 3.63) is 29.6 Å². The summed E-state index contributed by atoms with van der Waals surface area (Å²) in [5.74, 6) is 0.371. The number of benzene rings is 1. The summed E-state index contributed by atoms with van der Waals surface area (Å²) in [5.41, 5.74) is 0.732. The molecule has 0 heterocycles. The second-order valence-electron chi connectivity index (χ2n) is 5.54. The van der Waals surface area contributed by atoms with Crippen LogP contribution < -0.4 is 10.1 Å². The first kappa shape index (κ1) is 16.9. The zero-order valence-corrected chi connectivity index (χ0v) is 12.4. The van der Waals surface area contributed by atoms with Gasteiger partial charge < -0.3 is 19.9 Å². The Labute approximate surface area is 119 Å². The van der Waals surface area contributed by atoms with Gasteiger partial charge in [0, 0.05) is 17.6 Å². The summed E-state index contributed by atoms with van der Waals surface area (Å²) >= 11 is 0. The van der Waals surface area contributed by atoms with Crippen molar-refractivity contribution < 1.29 is 19.0 Å². The molecule has 0 spiro atoms. The molecule has 0 unspecified atom stereocenters. The molecule has 2 N–H and O–H groups in total. The molecule has 0 amide bonds. The molecule has 5 heteroatoms. The second-order valence-corrected chi connectivity index (χ2v) is 5.54. The third-order valence-corrected chi connectivity index (χ3v) is 2.55. The predicted octanol–water partition coefficient (Wildman–Crippen LogP) is 2.10. The van der Waals surface area contributed by atoms with Gasteiger partial charge in [0.2, 0.25) is 0 Å². The molecule has 20 heavy (non-hydrogen) atoms. The molecule has 0 atom stereocenters. The predicted molar refractivity (Wildman–Crippen MR) is 76.4 cm³/mol. The van der Waals surface area contributed by atoms with Gasteiger partial charge in [-0.1, -0.05) is 0 Å². The van der Waals surface area contributed by atoms with Crippen LogP contribution in [0.4, 0.5) is 4.39 Å². The van der Waals surface area contributed by atoms with Crippen molar-refractivity contribution in [1.29, 1.82) is 0 Å². The molecule has 0 bridgehead atoms. The summed E-state index contributed by atoms with van der Waals surface area (Å²) in [5, 5.41) is 11.9. The van der Waals surface area contributed by atoms with E-state index in [1.807, 2.05) is 0 Å². The lowest BCUT2D eigenvalue weighted by atomic mass is 10.1. The Morgan fingerprint density at radius 3 is 2.60 bits per heavy atom. The Balaban J connectivity index is 2.56. The van der Waals surface area contributed by atoms with Crippen molar-refractivity contribution in [2.24, 2.45) is 0 Å². The Morgan fingerprint density at radius 2 is 1.95 bits per heavy atom. The van der Waals surface area contributed by atoms with Gasteiger partial charge in [0.15, 0.2) is 0 Å². The van der Waals surface area contributed by atoms with Crippen LogP contribution in [0.1, 0.15) is 26.3 Å². The number of nitrogens with one attached hydrogen (secondary N) is 1. The second kappa shape index (κ2) is 8.19. The van der Waals surface area contributed by atoms with Gasteiger partial charge in [0.05, 0.1) is 19.8 Å². The number of aliphatic hydroxyl groups excluding tert-OH is 1. The molecule has 1 aromatic rings. The quantitative estimate of drug-likeness (QED) is 0.718. The first-order valence-corrected chi connectivity index (χ1v) is 6.77. The number of hydrogen-bond donors (Lipinski definition) is 2. The fourth-order valence-corrected chi connectivity index (χ4v) is 1.56. The Bertz CT molecular complexity index is 405. The van der Waals surface area contributed by atoms with Gasteiger partial charge in [-0.05, 0) is 39.0 Å². The van der Waals surface area contributed by atoms with E-state index in [1.54, 1.807) is 6.07 Å². The molecule has 0 fully saturated rings. The molecule has 1 aromatic carbocycles. The monoisotopic (exact) mass is 285 g/mol. The van der Waals surface area contributed by atoms with Crippen molar-refractivity contribution in [2.75, 3.05) is 26.4 Å². The summed E-state index contributed by atoms with van der Waals surface area (Å²) in [6.45, 7) is 7.75. The molecule has 4 nitrogen and oxygen atoms in total. The highest BCUT2D eigenvalue weighted by atomic mass is 19.1. The maximum absolute atomic E-state index is 13.3. The lowest BCUT2D eigenvalue weighted by Crippen LogP contribution is -2.35. The molecular weight excluding hydrogens is 261 g/mol. The van der Waals surface area contributed by atoms with Crippen LogP contribution in [0.15, 0.2) is 18.2 Å². The fraction of sp³-hybridized carbons (Fsp3) is 0.600. The Morgan fingerprint density at radius 1 is 1.20 bits per heavy atom. The summed E-state index contributed by atoms with van der Waals surface area (Å²) in [6, 6.07) is 4.48. The minimum atomic E-state index is -0.278. The van der Waals surface area contributed by atoms with Gasteiger partial charge in [0.1, 0.15) is 18.2 Å². The Kier molecular flexibility index (Phi) is 6.91. The number of halogens is 1. The van der Waals surface area contributed by atoms with Gasteiger partial charge in [-0.3, -0.25) is 0 Å². The van der Waals surface area contributed by atoms with Gasteiger partial charge in [-0.15, -0.1) is 0 Å². The van der Waals surface area contributed by atoms with Crippen molar-refractivity contribution in [3.8, 4) is 5.75 Å². The molecule has 0 aliphatic heterocycles. The summed E-state index contributed by atoms with van der Waals surface area (Å²) in [7, 11) is 0. The van der Waals surface area contributed by atoms with Gasteiger partial charge in [-0.2, -0.15) is 0 Å². The van der Waals surface area contributed by atoms with E-state index in [2.05, 4.69) is 26.1 Å². The SMILES string of the molecule is CC(C)(C)NCc1cc(F)ccc1OCCOCCO. The van der Waals surface area contributed by atoms with Gasteiger partial charge in [0.25, 0.3) is 0 Å². The van der Waals surface area contributed by atoms with Crippen LogP contribution in [0.25, 0.3) is 0 Å². The molecular formula is C15H24FNO3. The average molecular weight is 285 g/mol. The van der Waals surface area contributed by atoms with E-state index in [0.717, 1.165) is 5.56 Å². The maximum Gasteiger partial charge on any atom is 0.124 e. The highest BCUT2D eigenvalue weighted by Gasteiger charge is 2.11. The molecule has 0 radical (unpaired) electrons. The van der Waals surface area contributed by atoms with E-state index in [4.69, 9.17) is 14.6 Å². The topological polar surface area (TPSA) is 50.7 Å². The number of aliphatic hydroxyl groups is 1. The largest absolute Gasteiger partial charge is 0.491 e. The van der Waals surface area contributed by atoms with Crippen molar-refractivity contribution in [3.63, 3.8) is 0 Å². The number of hydrogen-bond acceptors (Lipinski definition) is 4. The molecule has 0 saturated heterocycles. The van der Waals surface area contributed by atoms with Crippen molar-refractivity contribution >= 4 is 0 Å². The maximum atomic E-state index is 13.3. The van der Waals surface area contributed by atoms with E-state index < -0.39 is 0 Å². The fourth-order valence-electron chi connectivity index (χ4n) is 1.56. The molecule has 0 aliphatic rings. The lowest BCUT2D eigenvalue weighted by Gasteiger charge is -2.21. The normalized spacial score (nSPS) is 11.7. The minimum Gasteiger partial charge on any atom is -0.491 e. The molecule has 114 valence electrons. The highest BCUT2D eigenvalue weighted by molar-refractivity contribution is 5.34. The molecule has 0 aliphatic carbocycles. The first-order valence-electron chi connectivity index (χ1n) is 6.77. The molecule has 0 aromatic heterocycles. The van der Waals surface area contributed by atoms with E-state index in [1.165, 1.54) is 12.1 Å². The van der Waals surface area contributed by atoms with Gasteiger partial charge >= 0.3 is 0 Å². The van der Waals surface area contributed by atoms with Crippen LogP contribution in [-0.4, -0.2) is 37.1 Å². The standard InChI is InChI=1S/C15H24FNO3/c1-15(2,3)17-11-12-10-13(16)4-5-14(12)20-9-8-19-7-6-18/h4-5,10,17-18H,6-9,11H2,1-3H3. The van der Waals surface area contributed by atoms with Crippen LogP contribution in [0.5, 0.6) is 5.75 Å². The van der Waals surface area contributed by atoms with Crippen LogP contribution in [0.2, 0.25) is 0 Å². The summed E-state index contributed by atoms with van der Waals surface area (Å²) in [6.07, 6.45) is 0. The molecule has 0 saturated carbocycles. The van der Waals surface area contributed by atoms with E-state index >= 15 is 0 Å². The first-order chi connectivity index (χ1) is 9.42. The summed E-state index contributed by atoms with van der Waals surface area (Å²) in [4.78, 5) is 0. The zero-order valence-electron chi connectivity index (χ0n) is 12.4. The number of ether oxygens (including phenoxy) is 2. The summed E-state index contributed by atoms with van der Waals surface area (Å²) < 4.78 is 24.0. The van der Waals surface area contributed by atoms with Crippen LogP contribution in [0.3, 0.4) is 0 Å². The van der Waals surface area contributed by atoms with E-state index in [-0.39, 0.29) is 18.0 Å². The van der Waals surface area contributed by atoms with Gasteiger partial charge in [-0.25, -0.2) is 4.39 Å². The third kappa shape index (κ3) is 6.84. The van der Waals surface area contributed by atoms with Crippen molar-refractivity contribution in [2.45, 2.75) is 32.9 Å².